The Balaban J connectivity index is 1.37. The van der Waals surface area contributed by atoms with E-state index in [9.17, 15) is 0 Å². The molecule has 0 aliphatic heterocycles. The number of fused-ring (bicyclic) bond motifs is 6. The minimum atomic E-state index is 0.838. The van der Waals surface area contributed by atoms with Crippen LogP contribution in [0.5, 0.6) is 0 Å². The summed E-state index contributed by atoms with van der Waals surface area (Å²) >= 11 is 1.85. The van der Waals surface area contributed by atoms with E-state index in [2.05, 4.69) is 171 Å². The summed E-state index contributed by atoms with van der Waals surface area (Å²) in [5.74, 6) is 0. The van der Waals surface area contributed by atoms with E-state index in [4.69, 9.17) is 10.2 Å². The second-order valence-electron chi connectivity index (χ2n) is 13.7. The molecule has 0 spiro atoms. The molecule has 0 fully saturated rings. The standard InChI is InChI=1S/C48H33N3S/c1-29-27-39-34-20-10-9-19-33(34)28-40(39)43(30(29)2)46-47(32-17-7-4-8-18-32)49-51-50-48(46)45-35(31-15-5-3-6-16-31)22-13-23-37(45)36-24-14-26-42-44(36)38-21-11-12-25-41(38)52-42/h3-27H,28H2,1-2H3. The van der Waals surface area contributed by atoms with E-state index >= 15 is 0 Å². The molecule has 0 saturated heterocycles. The first-order chi connectivity index (χ1) is 25.7. The van der Waals surface area contributed by atoms with Crippen molar-refractivity contribution >= 4 is 31.5 Å². The molecular weight excluding hydrogens is 651 g/mol. The lowest BCUT2D eigenvalue weighted by Gasteiger charge is -2.23. The third-order valence-corrected chi connectivity index (χ3v) is 11.9. The van der Waals surface area contributed by atoms with E-state index in [0.717, 1.165) is 51.2 Å². The fourth-order valence-corrected chi connectivity index (χ4v) is 9.42. The first-order valence-corrected chi connectivity index (χ1v) is 18.6. The van der Waals surface area contributed by atoms with Crippen LogP contribution in [0.25, 0.3) is 87.2 Å². The fraction of sp³-hybridized carbons (Fsp3) is 0.0625. The molecule has 4 heteroatoms. The average Bonchev–Trinajstić information content (AvgIpc) is 3.77. The highest BCUT2D eigenvalue weighted by Gasteiger charge is 2.30. The van der Waals surface area contributed by atoms with Crippen molar-refractivity contribution < 1.29 is 0 Å². The van der Waals surface area contributed by atoms with E-state index in [-0.39, 0.29) is 0 Å². The maximum absolute atomic E-state index is 5.10. The molecule has 0 bridgehead atoms. The van der Waals surface area contributed by atoms with E-state index in [1.165, 1.54) is 64.7 Å². The highest BCUT2D eigenvalue weighted by Crippen LogP contribution is 2.52. The Hall–Kier alpha value is -6.23. The Kier molecular flexibility index (Phi) is 7.19. The van der Waals surface area contributed by atoms with Crippen LogP contribution in [0, 0.1) is 13.8 Å². The van der Waals surface area contributed by atoms with Gasteiger partial charge in [0.25, 0.3) is 0 Å². The Morgan fingerprint density at radius 3 is 1.96 bits per heavy atom. The van der Waals surface area contributed by atoms with E-state index in [1.54, 1.807) is 0 Å². The summed E-state index contributed by atoms with van der Waals surface area (Å²) in [6.07, 6.45) is 0.853. The van der Waals surface area contributed by atoms with Gasteiger partial charge in [-0.25, -0.2) is 0 Å². The van der Waals surface area contributed by atoms with Gasteiger partial charge < -0.3 is 0 Å². The zero-order valence-corrected chi connectivity index (χ0v) is 29.7. The second-order valence-corrected chi connectivity index (χ2v) is 14.7. The van der Waals surface area contributed by atoms with Gasteiger partial charge in [-0.3, -0.25) is 0 Å². The molecule has 1 aliphatic carbocycles. The van der Waals surface area contributed by atoms with Gasteiger partial charge in [0, 0.05) is 36.9 Å². The predicted molar refractivity (Wildman–Crippen MR) is 218 cm³/mol. The van der Waals surface area contributed by atoms with Crippen molar-refractivity contribution in [2.24, 2.45) is 0 Å². The molecule has 2 heterocycles. The number of aryl methyl sites for hydroxylation is 1. The number of rotatable bonds is 5. The maximum atomic E-state index is 5.10. The molecule has 0 saturated carbocycles. The molecule has 7 aromatic carbocycles. The first kappa shape index (κ1) is 30.6. The van der Waals surface area contributed by atoms with Crippen LogP contribution >= 0.6 is 11.3 Å². The summed E-state index contributed by atoms with van der Waals surface area (Å²) in [4.78, 5) is 0. The normalized spacial score (nSPS) is 12.0. The van der Waals surface area contributed by atoms with Crippen LogP contribution < -0.4 is 0 Å². The van der Waals surface area contributed by atoms with Crippen LogP contribution in [0.15, 0.2) is 152 Å². The highest BCUT2D eigenvalue weighted by molar-refractivity contribution is 7.25. The van der Waals surface area contributed by atoms with Crippen molar-refractivity contribution in [1.82, 2.24) is 15.4 Å². The van der Waals surface area contributed by atoms with Crippen molar-refractivity contribution in [2.75, 3.05) is 0 Å². The third kappa shape index (κ3) is 4.75. The molecular formula is C48H33N3S. The van der Waals surface area contributed by atoms with Gasteiger partial charge in [-0.05, 0) is 98.8 Å². The predicted octanol–water partition coefficient (Wildman–Crippen LogP) is 12.8. The Morgan fingerprint density at radius 1 is 0.481 bits per heavy atom. The lowest BCUT2D eigenvalue weighted by molar-refractivity contribution is 0.878. The first-order valence-electron chi connectivity index (χ1n) is 17.8. The zero-order valence-electron chi connectivity index (χ0n) is 28.9. The average molecular weight is 684 g/mol. The molecule has 1 aliphatic rings. The number of nitrogens with zero attached hydrogens (tertiary/aromatic N) is 3. The molecule has 3 nitrogen and oxygen atoms in total. The van der Waals surface area contributed by atoms with E-state index < -0.39 is 0 Å². The quantitative estimate of drug-likeness (QED) is 0.181. The molecule has 246 valence electrons. The number of aromatic nitrogens is 3. The van der Waals surface area contributed by atoms with Gasteiger partial charge in [0.05, 0.1) is 0 Å². The van der Waals surface area contributed by atoms with E-state index in [0.29, 0.717) is 0 Å². The Morgan fingerprint density at radius 2 is 1.12 bits per heavy atom. The molecule has 0 amide bonds. The van der Waals surface area contributed by atoms with Gasteiger partial charge >= 0.3 is 0 Å². The number of thiophene rings is 1. The van der Waals surface area contributed by atoms with Gasteiger partial charge in [0.1, 0.15) is 11.4 Å². The van der Waals surface area contributed by atoms with Crippen LogP contribution in [-0.2, 0) is 6.42 Å². The van der Waals surface area contributed by atoms with Gasteiger partial charge in [0.2, 0.25) is 0 Å². The van der Waals surface area contributed by atoms with E-state index in [1.807, 2.05) is 11.3 Å². The molecule has 0 unspecified atom stereocenters. The van der Waals surface area contributed by atoms with Crippen molar-refractivity contribution in [3.63, 3.8) is 0 Å². The molecule has 0 N–H and O–H groups in total. The second kappa shape index (κ2) is 12.2. The fourth-order valence-electron chi connectivity index (χ4n) is 8.28. The van der Waals surface area contributed by atoms with Crippen molar-refractivity contribution in [3.8, 4) is 67.0 Å². The van der Waals surface area contributed by atoms with Crippen LogP contribution in [0.2, 0.25) is 0 Å². The lowest BCUT2D eigenvalue weighted by atomic mass is 9.82. The topological polar surface area (TPSA) is 38.7 Å². The van der Waals surface area contributed by atoms with Crippen molar-refractivity contribution in [2.45, 2.75) is 20.3 Å². The zero-order chi connectivity index (χ0) is 34.8. The molecule has 9 aromatic rings. The monoisotopic (exact) mass is 683 g/mol. The van der Waals surface area contributed by atoms with Crippen LogP contribution in [-0.4, -0.2) is 15.4 Å². The van der Waals surface area contributed by atoms with Crippen LogP contribution in [0.4, 0.5) is 0 Å². The van der Waals surface area contributed by atoms with Crippen LogP contribution in [0.3, 0.4) is 0 Å². The molecule has 2 aromatic heterocycles. The van der Waals surface area contributed by atoms with Gasteiger partial charge in [-0.15, -0.1) is 21.5 Å². The summed E-state index contributed by atoms with van der Waals surface area (Å²) in [7, 11) is 0. The molecule has 52 heavy (non-hydrogen) atoms. The smallest absolute Gasteiger partial charge is 0.106 e. The number of hydrogen-bond acceptors (Lipinski definition) is 4. The number of hydrogen-bond donors (Lipinski definition) is 0. The summed E-state index contributed by atoms with van der Waals surface area (Å²) in [5, 5.41) is 17.1. The summed E-state index contributed by atoms with van der Waals surface area (Å²) < 4.78 is 2.55. The molecule has 0 radical (unpaired) electrons. The largest absolute Gasteiger partial charge is 0.135 e. The Labute approximate surface area is 306 Å². The highest BCUT2D eigenvalue weighted by atomic mass is 32.1. The summed E-state index contributed by atoms with van der Waals surface area (Å²) in [5.41, 5.74) is 18.3. The van der Waals surface area contributed by atoms with Gasteiger partial charge in [-0.2, -0.15) is 0 Å². The SMILES string of the molecule is Cc1cc2c(c(-c3c(-c4ccccc4)nnnc3-c3c(-c4ccccc4)cccc3-c3cccc4sc5ccccc5c34)c1C)Cc1ccccc1-2. The lowest BCUT2D eigenvalue weighted by Crippen LogP contribution is -2.05. The third-order valence-electron chi connectivity index (χ3n) is 10.8. The Bertz CT molecular complexity index is 2840. The number of benzene rings is 7. The summed E-state index contributed by atoms with van der Waals surface area (Å²) in [6.45, 7) is 4.49. The minimum absolute atomic E-state index is 0.838. The minimum Gasteiger partial charge on any atom is -0.135 e. The summed E-state index contributed by atoms with van der Waals surface area (Å²) in [6, 6.07) is 54.5. The van der Waals surface area contributed by atoms with Gasteiger partial charge in [-0.1, -0.05) is 140 Å². The van der Waals surface area contributed by atoms with Crippen LogP contribution in [0.1, 0.15) is 22.3 Å². The van der Waals surface area contributed by atoms with Crippen molar-refractivity contribution in [1.29, 1.82) is 0 Å². The molecule has 0 atom stereocenters. The maximum Gasteiger partial charge on any atom is 0.106 e. The van der Waals surface area contributed by atoms with Crippen molar-refractivity contribution in [3.05, 3.63) is 174 Å². The van der Waals surface area contributed by atoms with Gasteiger partial charge in [0.15, 0.2) is 0 Å². The molecule has 10 rings (SSSR count).